The van der Waals surface area contributed by atoms with Gasteiger partial charge >= 0.3 is 0 Å². The van der Waals surface area contributed by atoms with Crippen molar-refractivity contribution in [1.82, 2.24) is 0 Å². The molecule has 82 valence electrons. The molecule has 1 N–H and O–H groups in total. The Bertz CT molecular complexity index is 356. The molecular weight excluding hydrogens is 188 g/mol. The second-order valence-electron chi connectivity index (χ2n) is 3.65. The molecule has 1 atom stereocenters. The van der Waals surface area contributed by atoms with Gasteiger partial charge in [-0.3, -0.25) is 0 Å². The van der Waals surface area contributed by atoms with Crippen LogP contribution in [0.4, 0.5) is 0 Å². The summed E-state index contributed by atoms with van der Waals surface area (Å²) < 4.78 is 5.22. The Balaban J connectivity index is 3.11. The molecule has 0 saturated heterocycles. The van der Waals surface area contributed by atoms with E-state index in [0.717, 1.165) is 22.4 Å². The van der Waals surface area contributed by atoms with Crippen LogP contribution in [0.1, 0.15) is 29.2 Å². The monoisotopic (exact) mass is 206 g/mol. The van der Waals surface area contributed by atoms with Gasteiger partial charge in [0.2, 0.25) is 0 Å². The number of benzene rings is 1. The van der Waals surface area contributed by atoms with Crippen molar-refractivity contribution in [2.24, 2.45) is 0 Å². The lowest BCUT2D eigenvalue weighted by atomic mass is 9.97. The fraction of sp³-hybridized carbons (Fsp3) is 0.385. The minimum atomic E-state index is -0.466. The molecule has 0 unspecified atom stereocenters. The van der Waals surface area contributed by atoms with Crippen molar-refractivity contribution in [3.63, 3.8) is 0 Å². The summed E-state index contributed by atoms with van der Waals surface area (Å²) in [6.45, 7) is 7.63. The van der Waals surface area contributed by atoms with E-state index in [1.807, 2.05) is 26.0 Å². The summed E-state index contributed by atoms with van der Waals surface area (Å²) in [6.07, 6.45) is 1.84. The number of ether oxygens (including phenoxy) is 1. The minimum Gasteiger partial charge on any atom is -0.496 e. The molecule has 1 aromatic carbocycles. The van der Waals surface area contributed by atoms with Gasteiger partial charge in [0.05, 0.1) is 13.2 Å². The van der Waals surface area contributed by atoms with E-state index in [1.54, 1.807) is 13.2 Å². The fourth-order valence-corrected chi connectivity index (χ4v) is 1.68. The van der Waals surface area contributed by atoms with Crippen molar-refractivity contribution in [1.29, 1.82) is 0 Å². The first-order valence-electron chi connectivity index (χ1n) is 5.04. The Morgan fingerprint density at radius 2 is 2.07 bits per heavy atom. The van der Waals surface area contributed by atoms with Crippen molar-refractivity contribution < 1.29 is 9.84 Å². The largest absolute Gasteiger partial charge is 0.496 e. The van der Waals surface area contributed by atoms with Gasteiger partial charge in [0.15, 0.2) is 0 Å². The highest BCUT2D eigenvalue weighted by Crippen LogP contribution is 2.28. The predicted molar refractivity (Wildman–Crippen MR) is 62.2 cm³/mol. The molecule has 1 aromatic rings. The van der Waals surface area contributed by atoms with Crippen LogP contribution < -0.4 is 4.74 Å². The summed E-state index contributed by atoms with van der Waals surface area (Å²) >= 11 is 0. The highest BCUT2D eigenvalue weighted by Gasteiger charge is 2.12. The summed E-state index contributed by atoms with van der Waals surface area (Å²) in [6, 6.07) is 3.80. The molecule has 0 radical (unpaired) electrons. The number of aliphatic hydroxyl groups is 1. The summed E-state index contributed by atoms with van der Waals surface area (Å²) in [5.41, 5.74) is 3.12. The van der Waals surface area contributed by atoms with E-state index >= 15 is 0 Å². The molecule has 0 aliphatic carbocycles. The van der Waals surface area contributed by atoms with Gasteiger partial charge in [0, 0.05) is 0 Å². The highest BCUT2D eigenvalue weighted by molar-refractivity contribution is 5.44. The van der Waals surface area contributed by atoms with Gasteiger partial charge in [-0.25, -0.2) is 0 Å². The third kappa shape index (κ3) is 2.39. The van der Waals surface area contributed by atoms with E-state index < -0.39 is 6.10 Å². The Kier molecular flexibility index (Phi) is 3.92. The predicted octanol–water partition coefficient (Wildman–Crippen LogP) is 2.92. The third-order valence-corrected chi connectivity index (χ3v) is 2.75. The zero-order chi connectivity index (χ0) is 11.4. The molecule has 0 heterocycles. The first-order chi connectivity index (χ1) is 7.11. The lowest BCUT2D eigenvalue weighted by Gasteiger charge is -2.16. The maximum Gasteiger partial charge on any atom is 0.122 e. The quantitative estimate of drug-likeness (QED) is 0.767. The minimum absolute atomic E-state index is 0.466. The van der Waals surface area contributed by atoms with Gasteiger partial charge in [-0.2, -0.15) is 0 Å². The summed E-state index contributed by atoms with van der Waals surface area (Å²) in [5, 5.41) is 9.88. The zero-order valence-electron chi connectivity index (χ0n) is 9.58. The molecule has 0 bridgehead atoms. The lowest BCUT2D eigenvalue weighted by molar-refractivity contribution is 0.180. The van der Waals surface area contributed by atoms with E-state index in [2.05, 4.69) is 6.58 Å². The van der Waals surface area contributed by atoms with Crippen LogP contribution in [-0.4, -0.2) is 12.2 Å². The molecule has 2 heteroatoms. The van der Waals surface area contributed by atoms with Gasteiger partial charge in [0.25, 0.3) is 0 Å². The topological polar surface area (TPSA) is 29.5 Å². The molecule has 2 nitrogen and oxygen atoms in total. The average molecular weight is 206 g/mol. The van der Waals surface area contributed by atoms with E-state index in [4.69, 9.17) is 4.74 Å². The molecule has 0 aliphatic rings. The van der Waals surface area contributed by atoms with Crippen molar-refractivity contribution in [3.8, 4) is 5.75 Å². The molecule has 0 saturated carbocycles. The number of aliphatic hydroxyl groups excluding tert-OH is 1. The van der Waals surface area contributed by atoms with Crippen LogP contribution in [-0.2, 0) is 0 Å². The van der Waals surface area contributed by atoms with Crippen LogP contribution in [0.25, 0.3) is 0 Å². The van der Waals surface area contributed by atoms with E-state index in [9.17, 15) is 5.11 Å². The second-order valence-corrected chi connectivity index (χ2v) is 3.65. The van der Waals surface area contributed by atoms with Crippen molar-refractivity contribution in [2.75, 3.05) is 7.11 Å². The molecule has 1 rings (SSSR count). The second kappa shape index (κ2) is 4.99. The Morgan fingerprint density at radius 1 is 1.40 bits per heavy atom. The van der Waals surface area contributed by atoms with E-state index in [-0.39, 0.29) is 0 Å². The maximum atomic E-state index is 9.88. The molecule has 0 aromatic heterocycles. The van der Waals surface area contributed by atoms with Crippen LogP contribution in [0.15, 0.2) is 24.8 Å². The average Bonchev–Trinajstić information content (AvgIpc) is 2.22. The Labute approximate surface area is 91.2 Å². The molecule has 0 aliphatic heterocycles. The molecule has 0 amide bonds. The van der Waals surface area contributed by atoms with Gasteiger partial charge in [-0.1, -0.05) is 12.1 Å². The number of hydrogen-bond acceptors (Lipinski definition) is 2. The summed E-state index contributed by atoms with van der Waals surface area (Å²) in [4.78, 5) is 0. The van der Waals surface area contributed by atoms with E-state index in [1.165, 1.54) is 0 Å². The Hall–Kier alpha value is -1.28. The highest BCUT2D eigenvalue weighted by atomic mass is 16.5. The number of hydrogen-bond donors (Lipinski definition) is 1. The van der Waals surface area contributed by atoms with Gasteiger partial charge in [-0.05, 0) is 43.0 Å². The van der Waals surface area contributed by atoms with Gasteiger partial charge in [-0.15, -0.1) is 6.58 Å². The van der Waals surface area contributed by atoms with Gasteiger partial charge < -0.3 is 9.84 Å². The van der Waals surface area contributed by atoms with E-state index in [0.29, 0.717) is 6.42 Å². The smallest absolute Gasteiger partial charge is 0.122 e. The fourth-order valence-electron chi connectivity index (χ4n) is 1.68. The normalized spacial score (nSPS) is 12.3. The van der Waals surface area contributed by atoms with Crippen molar-refractivity contribution in [3.05, 3.63) is 41.5 Å². The first-order valence-corrected chi connectivity index (χ1v) is 5.04. The van der Waals surface area contributed by atoms with Crippen LogP contribution in [0, 0.1) is 13.8 Å². The van der Waals surface area contributed by atoms with Crippen LogP contribution in [0.3, 0.4) is 0 Å². The molecule has 0 spiro atoms. The van der Waals surface area contributed by atoms with Crippen LogP contribution >= 0.6 is 0 Å². The summed E-state index contributed by atoms with van der Waals surface area (Å²) in [7, 11) is 1.65. The number of rotatable bonds is 4. The zero-order valence-corrected chi connectivity index (χ0v) is 9.58. The summed E-state index contributed by atoms with van der Waals surface area (Å²) in [5.74, 6) is 0.863. The third-order valence-electron chi connectivity index (χ3n) is 2.75. The first kappa shape index (κ1) is 11.8. The molecule has 0 fully saturated rings. The molecule has 15 heavy (non-hydrogen) atoms. The van der Waals surface area contributed by atoms with Gasteiger partial charge in [0.1, 0.15) is 5.75 Å². The van der Waals surface area contributed by atoms with Crippen LogP contribution in [0.5, 0.6) is 5.75 Å². The Morgan fingerprint density at radius 3 is 2.60 bits per heavy atom. The van der Waals surface area contributed by atoms with Crippen LogP contribution in [0.2, 0.25) is 0 Å². The lowest BCUT2D eigenvalue weighted by Crippen LogP contribution is -2.01. The number of methoxy groups -OCH3 is 1. The SMILES string of the molecule is C=CC[C@H](O)c1ccc(OC)c(C)c1C. The van der Waals surface area contributed by atoms with Crippen molar-refractivity contribution in [2.45, 2.75) is 26.4 Å². The van der Waals surface area contributed by atoms with Crippen molar-refractivity contribution >= 4 is 0 Å². The molecular formula is C13H18O2. The maximum absolute atomic E-state index is 9.88. The standard InChI is InChI=1S/C13H18O2/c1-5-6-12(14)11-7-8-13(15-4)10(3)9(11)2/h5,7-8,12,14H,1,6H2,2-4H3/t12-/m0/s1.